The lowest BCUT2D eigenvalue weighted by Gasteiger charge is -2.03. The number of carbonyl (C=O) groups excluding carboxylic acids is 2. The largest absolute Gasteiger partial charge is 0.366 e. The van der Waals surface area contributed by atoms with E-state index in [9.17, 15) is 9.59 Å². The number of Topliss-reactive ketones (excluding diaryl/α,β-unsaturated/α-hetero) is 2. The average molecular weight is 177 g/mol. The van der Waals surface area contributed by atoms with E-state index in [1.165, 1.54) is 7.11 Å². The minimum atomic E-state index is -0.848. The van der Waals surface area contributed by atoms with E-state index in [1.54, 1.807) is 0 Å². The number of methoxy groups -OCH3 is 1. The van der Waals surface area contributed by atoms with Crippen LogP contribution in [0.5, 0.6) is 0 Å². The summed E-state index contributed by atoms with van der Waals surface area (Å²) in [7, 11) is 1.36. The van der Waals surface area contributed by atoms with Crippen molar-refractivity contribution < 1.29 is 14.3 Å². The van der Waals surface area contributed by atoms with Crippen molar-refractivity contribution >= 4 is 23.2 Å². The predicted octanol–water partition coefficient (Wildman–Crippen LogP) is 0.398. The van der Waals surface area contributed by atoms with Crippen LogP contribution in [-0.4, -0.2) is 30.7 Å². The molecule has 0 aromatic carbocycles. The maximum atomic E-state index is 11.1. The van der Waals surface area contributed by atoms with Crippen LogP contribution >= 0.6 is 11.6 Å². The molecule has 0 aliphatic heterocycles. The average Bonchev–Trinajstić information content (AvgIpc) is 2.26. The van der Waals surface area contributed by atoms with Crippen molar-refractivity contribution in [1.29, 1.82) is 0 Å². The highest BCUT2D eigenvalue weighted by atomic mass is 35.5. The highest BCUT2D eigenvalue weighted by Crippen LogP contribution is 2.21. The Morgan fingerprint density at radius 2 is 2.27 bits per heavy atom. The van der Waals surface area contributed by atoms with Gasteiger partial charge in [0.2, 0.25) is 0 Å². The number of hydrogen-bond donors (Lipinski definition) is 0. The lowest BCUT2D eigenvalue weighted by atomic mass is 10.1. The Morgan fingerprint density at radius 3 is 2.55 bits per heavy atom. The Kier molecular flexibility index (Phi) is 2.62. The second-order valence-electron chi connectivity index (χ2n) is 2.54. The van der Waals surface area contributed by atoms with Crippen LogP contribution in [0.1, 0.15) is 6.42 Å². The maximum absolute atomic E-state index is 11.1. The normalized spacial score (nSPS) is 31.5. The third-order valence-corrected chi connectivity index (χ3v) is 2.20. The van der Waals surface area contributed by atoms with E-state index in [1.807, 2.05) is 0 Å². The van der Waals surface area contributed by atoms with Crippen LogP contribution in [0.15, 0.2) is 0 Å². The topological polar surface area (TPSA) is 43.4 Å². The summed E-state index contributed by atoms with van der Waals surface area (Å²) in [6.07, 6.45) is -0.611. The fourth-order valence-electron chi connectivity index (χ4n) is 1.20. The summed E-state index contributed by atoms with van der Waals surface area (Å²) in [5.74, 6) is -0.436. The van der Waals surface area contributed by atoms with Crippen LogP contribution in [0.2, 0.25) is 0 Å². The van der Waals surface area contributed by atoms with Crippen LogP contribution in [-0.2, 0) is 14.3 Å². The Morgan fingerprint density at radius 1 is 1.64 bits per heavy atom. The van der Waals surface area contributed by atoms with Crippen LogP contribution in [0, 0.1) is 5.92 Å². The molecule has 0 heterocycles. The molecule has 0 saturated heterocycles. The maximum Gasteiger partial charge on any atom is 0.174 e. The summed E-state index contributed by atoms with van der Waals surface area (Å²) in [5.41, 5.74) is 0. The van der Waals surface area contributed by atoms with E-state index in [0.29, 0.717) is 0 Å². The van der Waals surface area contributed by atoms with Crippen molar-refractivity contribution in [1.82, 2.24) is 0 Å². The lowest BCUT2D eigenvalue weighted by molar-refractivity contribution is -0.135. The molecule has 0 amide bonds. The molecule has 3 nitrogen and oxygen atoms in total. The summed E-state index contributed by atoms with van der Waals surface area (Å²) in [4.78, 5) is 22.1. The molecule has 4 heteroatoms. The van der Waals surface area contributed by atoms with Crippen LogP contribution < -0.4 is 0 Å². The van der Waals surface area contributed by atoms with Crippen LogP contribution in [0.25, 0.3) is 0 Å². The quantitative estimate of drug-likeness (QED) is 0.452. The zero-order chi connectivity index (χ0) is 8.43. The van der Waals surface area contributed by atoms with E-state index in [2.05, 4.69) is 0 Å². The van der Waals surface area contributed by atoms with Gasteiger partial charge < -0.3 is 4.74 Å². The van der Waals surface area contributed by atoms with Crippen LogP contribution in [0.4, 0.5) is 0 Å². The summed E-state index contributed by atoms with van der Waals surface area (Å²) in [6, 6.07) is 0. The molecule has 1 aliphatic rings. The van der Waals surface area contributed by atoms with Gasteiger partial charge >= 0.3 is 0 Å². The Hall–Kier alpha value is -0.410. The lowest BCUT2D eigenvalue weighted by Crippen LogP contribution is -2.25. The van der Waals surface area contributed by atoms with Gasteiger partial charge in [-0.3, -0.25) is 9.59 Å². The standard InChI is InChI=1S/C7H9ClO3/c1-11-7-5(9)2-4(3-8)6(7)10/h4,7H,2-3H2,1H3. The molecule has 0 N–H and O–H groups in total. The molecule has 0 aromatic rings. The molecule has 0 radical (unpaired) electrons. The molecular weight excluding hydrogens is 168 g/mol. The number of carbonyl (C=O) groups is 2. The van der Waals surface area contributed by atoms with E-state index in [0.717, 1.165) is 0 Å². The van der Waals surface area contributed by atoms with Crippen molar-refractivity contribution in [3.05, 3.63) is 0 Å². The van der Waals surface area contributed by atoms with Gasteiger partial charge in [0.15, 0.2) is 17.7 Å². The van der Waals surface area contributed by atoms with E-state index in [-0.39, 0.29) is 29.8 Å². The summed E-state index contributed by atoms with van der Waals surface area (Å²) in [6.45, 7) is 0. The van der Waals surface area contributed by atoms with E-state index < -0.39 is 6.10 Å². The van der Waals surface area contributed by atoms with Gasteiger partial charge in [-0.1, -0.05) is 0 Å². The predicted molar refractivity (Wildman–Crippen MR) is 39.6 cm³/mol. The molecule has 62 valence electrons. The van der Waals surface area contributed by atoms with E-state index >= 15 is 0 Å². The fourth-order valence-corrected chi connectivity index (χ4v) is 1.46. The molecular formula is C7H9ClO3. The number of ether oxygens (including phenoxy) is 1. The van der Waals surface area contributed by atoms with Crippen molar-refractivity contribution in [3.8, 4) is 0 Å². The second kappa shape index (κ2) is 3.32. The summed E-state index contributed by atoms with van der Waals surface area (Å²) >= 11 is 5.46. The van der Waals surface area contributed by atoms with Gasteiger partial charge in [0.1, 0.15) is 0 Å². The van der Waals surface area contributed by atoms with Crippen molar-refractivity contribution in [2.45, 2.75) is 12.5 Å². The molecule has 1 saturated carbocycles. The Balaban J connectivity index is 2.71. The number of halogens is 1. The number of ketones is 2. The number of hydrogen-bond acceptors (Lipinski definition) is 3. The van der Waals surface area contributed by atoms with Crippen molar-refractivity contribution in [2.75, 3.05) is 13.0 Å². The van der Waals surface area contributed by atoms with Gasteiger partial charge in [0.05, 0.1) is 0 Å². The smallest absolute Gasteiger partial charge is 0.174 e. The van der Waals surface area contributed by atoms with Gasteiger partial charge in [-0.2, -0.15) is 0 Å². The number of alkyl halides is 1. The molecule has 0 spiro atoms. The first-order valence-electron chi connectivity index (χ1n) is 3.36. The minimum Gasteiger partial charge on any atom is -0.366 e. The fraction of sp³-hybridized carbons (Fsp3) is 0.714. The first-order valence-corrected chi connectivity index (χ1v) is 3.89. The van der Waals surface area contributed by atoms with Gasteiger partial charge in [0.25, 0.3) is 0 Å². The van der Waals surface area contributed by atoms with Crippen molar-refractivity contribution in [2.24, 2.45) is 5.92 Å². The number of rotatable bonds is 2. The molecule has 1 fully saturated rings. The van der Waals surface area contributed by atoms with Gasteiger partial charge in [-0.25, -0.2) is 0 Å². The summed E-state index contributed by atoms with van der Waals surface area (Å²) in [5, 5.41) is 0. The third-order valence-electron chi connectivity index (χ3n) is 1.82. The molecule has 1 rings (SSSR count). The third kappa shape index (κ3) is 1.44. The Bertz CT molecular complexity index is 190. The van der Waals surface area contributed by atoms with Gasteiger partial charge in [-0.05, 0) is 0 Å². The first-order chi connectivity index (χ1) is 5.20. The van der Waals surface area contributed by atoms with Gasteiger partial charge in [-0.15, -0.1) is 11.6 Å². The minimum absolute atomic E-state index is 0.150. The molecule has 0 aromatic heterocycles. The van der Waals surface area contributed by atoms with Crippen molar-refractivity contribution in [3.63, 3.8) is 0 Å². The SMILES string of the molecule is COC1C(=O)CC(CCl)C1=O. The molecule has 2 atom stereocenters. The molecule has 0 bridgehead atoms. The molecule has 2 unspecified atom stereocenters. The Labute approximate surface area is 69.7 Å². The first kappa shape index (κ1) is 8.68. The summed E-state index contributed by atoms with van der Waals surface area (Å²) < 4.78 is 4.71. The molecule has 1 aliphatic carbocycles. The monoisotopic (exact) mass is 176 g/mol. The second-order valence-corrected chi connectivity index (χ2v) is 2.85. The van der Waals surface area contributed by atoms with Gasteiger partial charge in [0, 0.05) is 25.3 Å². The zero-order valence-corrected chi connectivity index (χ0v) is 6.93. The zero-order valence-electron chi connectivity index (χ0n) is 6.17. The highest BCUT2D eigenvalue weighted by molar-refractivity contribution is 6.22. The van der Waals surface area contributed by atoms with Crippen LogP contribution in [0.3, 0.4) is 0 Å². The van der Waals surface area contributed by atoms with E-state index in [4.69, 9.17) is 16.3 Å². The highest BCUT2D eigenvalue weighted by Gasteiger charge is 2.40. The molecule has 11 heavy (non-hydrogen) atoms.